The second-order valence-corrected chi connectivity index (χ2v) is 7.21. The molecule has 0 aliphatic carbocycles. The Balaban J connectivity index is 1.95. The van der Waals surface area contributed by atoms with Crippen LogP contribution in [0.25, 0.3) is 0 Å². The van der Waals surface area contributed by atoms with Crippen LogP contribution in [0.1, 0.15) is 45.1 Å². The molecular weight excluding hydrogens is 260 g/mol. The van der Waals surface area contributed by atoms with Crippen molar-refractivity contribution in [3.05, 3.63) is 37.5 Å². The van der Waals surface area contributed by atoms with E-state index in [1.807, 2.05) is 28.9 Å². The maximum Gasteiger partial charge on any atom is 0.107 e. The minimum Gasteiger partial charge on any atom is -0.304 e. The molecule has 0 aliphatic rings. The first kappa shape index (κ1) is 13.7. The number of nitrogens with one attached hydrogen (secondary N) is 1. The van der Waals surface area contributed by atoms with Gasteiger partial charge in [-0.05, 0) is 38.8 Å². The van der Waals surface area contributed by atoms with E-state index in [-0.39, 0.29) is 0 Å². The minimum absolute atomic E-state index is 0.393. The maximum atomic E-state index is 4.44. The first-order chi connectivity index (χ1) is 8.60. The van der Waals surface area contributed by atoms with Gasteiger partial charge >= 0.3 is 0 Å². The first-order valence-electron chi connectivity index (χ1n) is 6.34. The van der Waals surface area contributed by atoms with Crippen LogP contribution in [0.4, 0.5) is 0 Å². The van der Waals surface area contributed by atoms with Gasteiger partial charge in [0.25, 0.3) is 0 Å². The highest BCUT2D eigenvalue weighted by Crippen LogP contribution is 2.26. The van der Waals surface area contributed by atoms with Gasteiger partial charge in [0.05, 0.1) is 0 Å². The number of thiophene rings is 1. The molecule has 0 saturated heterocycles. The lowest BCUT2D eigenvalue weighted by atomic mass is 10.1. The average molecular weight is 280 g/mol. The summed E-state index contributed by atoms with van der Waals surface area (Å²) in [6.07, 6.45) is 3.07. The van der Waals surface area contributed by atoms with Gasteiger partial charge in [0, 0.05) is 33.4 Å². The molecule has 2 aromatic rings. The molecule has 98 valence electrons. The van der Waals surface area contributed by atoms with Gasteiger partial charge in [0.15, 0.2) is 0 Å². The molecule has 0 aromatic carbocycles. The predicted octanol–water partition coefficient (Wildman–Crippen LogP) is 4.23. The van der Waals surface area contributed by atoms with E-state index in [0.717, 1.165) is 13.0 Å². The molecule has 0 saturated carbocycles. The number of aryl methyl sites for hydroxylation is 3. The molecule has 2 heterocycles. The van der Waals surface area contributed by atoms with Crippen molar-refractivity contribution in [1.29, 1.82) is 0 Å². The molecule has 4 heteroatoms. The Kier molecular flexibility index (Phi) is 4.54. The zero-order valence-electron chi connectivity index (χ0n) is 11.4. The molecule has 0 amide bonds. The molecule has 2 aromatic heterocycles. The Labute approximate surface area is 117 Å². The van der Waals surface area contributed by atoms with E-state index in [2.05, 4.69) is 44.1 Å². The second-order valence-electron chi connectivity index (χ2n) is 4.55. The fraction of sp³-hybridized carbons (Fsp3) is 0.500. The molecule has 2 rings (SSSR count). The first-order valence-corrected chi connectivity index (χ1v) is 7.97. The highest BCUT2D eigenvalue weighted by molar-refractivity contribution is 7.12. The molecule has 18 heavy (non-hydrogen) atoms. The fourth-order valence-corrected chi connectivity index (χ4v) is 3.86. The van der Waals surface area contributed by atoms with Crippen molar-refractivity contribution in [3.63, 3.8) is 0 Å². The standard InChI is InChI=1S/C14H20N2S2/c1-5-12-7-16-14(18-12)8-15-10(3)13-6-9(2)17-11(13)4/h6-7,10,15H,5,8H2,1-4H3. The minimum atomic E-state index is 0.393. The van der Waals surface area contributed by atoms with E-state index < -0.39 is 0 Å². The summed E-state index contributed by atoms with van der Waals surface area (Å²) >= 11 is 3.68. The summed E-state index contributed by atoms with van der Waals surface area (Å²) in [5.41, 5.74) is 1.42. The summed E-state index contributed by atoms with van der Waals surface area (Å²) in [4.78, 5) is 8.61. The predicted molar refractivity (Wildman–Crippen MR) is 80.5 cm³/mol. The van der Waals surface area contributed by atoms with Crippen LogP contribution in [0.2, 0.25) is 0 Å². The zero-order chi connectivity index (χ0) is 13.1. The summed E-state index contributed by atoms with van der Waals surface area (Å²) in [7, 11) is 0. The van der Waals surface area contributed by atoms with Gasteiger partial charge in [-0.3, -0.25) is 0 Å². The van der Waals surface area contributed by atoms with Crippen molar-refractivity contribution >= 4 is 22.7 Å². The molecule has 0 spiro atoms. The molecule has 0 radical (unpaired) electrons. The van der Waals surface area contributed by atoms with E-state index >= 15 is 0 Å². The third-order valence-electron chi connectivity index (χ3n) is 3.06. The van der Waals surface area contributed by atoms with Crippen LogP contribution >= 0.6 is 22.7 Å². The lowest BCUT2D eigenvalue weighted by molar-refractivity contribution is 0.572. The van der Waals surface area contributed by atoms with Crippen molar-refractivity contribution in [2.75, 3.05) is 0 Å². The smallest absolute Gasteiger partial charge is 0.107 e. The Bertz CT molecular complexity index is 514. The quantitative estimate of drug-likeness (QED) is 0.886. The molecule has 0 bridgehead atoms. The van der Waals surface area contributed by atoms with Crippen molar-refractivity contribution < 1.29 is 0 Å². The van der Waals surface area contributed by atoms with Gasteiger partial charge in [-0.1, -0.05) is 6.92 Å². The third kappa shape index (κ3) is 3.19. The van der Waals surface area contributed by atoms with Crippen LogP contribution in [-0.4, -0.2) is 4.98 Å². The number of nitrogens with zero attached hydrogens (tertiary/aromatic N) is 1. The Morgan fingerprint density at radius 1 is 1.33 bits per heavy atom. The maximum absolute atomic E-state index is 4.44. The van der Waals surface area contributed by atoms with E-state index in [9.17, 15) is 0 Å². The van der Waals surface area contributed by atoms with Crippen LogP contribution in [-0.2, 0) is 13.0 Å². The highest BCUT2D eigenvalue weighted by atomic mass is 32.1. The molecular formula is C14H20N2S2. The van der Waals surface area contributed by atoms with Crippen LogP contribution in [0.5, 0.6) is 0 Å². The SMILES string of the molecule is CCc1cnc(CNC(C)c2cc(C)sc2C)s1. The third-order valence-corrected chi connectivity index (χ3v) is 5.18. The summed E-state index contributed by atoms with van der Waals surface area (Å²) in [5.74, 6) is 0. The lowest BCUT2D eigenvalue weighted by Crippen LogP contribution is -2.18. The van der Waals surface area contributed by atoms with Gasteiger partial charge in [0.1, 0.15) is 5.01 Å². The summed E-state index contributed by atoms with van der Waals surface area (Å²) < 4.78 is 0. The van der Waals surface area contributed by atoms with Crippen molar-refractivity contribution in [3.8, 4) is 0 Å². The fourth-order valence-electron chi connectivity index (χ4n) is 2.02. The van der Waals surface area contributed by atoms with E-state index in [0.29, 0.717) is 6.04 Å². The van der Waals surface area contributed by atoms with Crippen molar-refractivity contribution in [2.45, 2.75) is 46.7 Å². The molecule has 1 atom stereocenters. The van der Waals surface area contributed by atoms with Crippen molar-refractivity contribution in [1.82, 2.24) is 10.3 Å². The lowest BCUT2D eigenvalue weighted by Gasteiger charge is -2.12. The van der Waals surface area contributed by atoms with Crippen molar-refractivity contribution in [2.24, 2.45) is 0 Å². The van der Waals surface area contributed by atoms with E-state index in [4.69, 9.17) is 0 Å². The molecule has 1 N–H and O–H groups in total. The Hall–Kier alpha value is -0.710. The van der Waals surface area contributed by atoms with E-state index in [1.165, 1.54) is 25.2 Å². The number of rotatable bonds is 5. The summed E-state index contributed by atoms with van der Waals surface area (Å²) in [6, 6.07) is 2.68. The van der Waals surface area contributed by atoms with Gasteiger partial charge in [0.2, 0.25) is 0 Å². The molecule has 0 aliphatic heterocycles. The number of hydrogen-bond donors (Lipinski definition) is 1. The van der Waals surface area contributed by atoms with Gasteiger partial charge < -0.3 is 5.32 Å². The van der Waals surface area contributed by atoms with Crippen LogP contribution < -0.4 is 5.32 Å². The van der Waals surface area contributed by atoms with Gasteiger partial charge in [-0.2, -0.15) is 0 Å². The highest BCUT2D eigenvalue weighted by Gasteiger charge is 2.11. The van der Waals surface area contributed by atoms with Crippen LogP contribution in [0.3, 0.4) is 0 Å². The number of aromatic nitrogens is 1. The summed E-state index contributed by atoms with van der Waals surface area (Å²) in [6.45, 7) is 9.62. The van der Waals surface area contributed by atoms with Crippen LogP contribution in [0.15, 0.2) is 12.3 Å². The van der Waals surface area contributed by atoms with Gasteiger partial charge in [-0.25, -0.2) is 4.98 Å². The summed E-state index contributed by atoms with van der Waals surface area (Å²) in [5, 5.41) is 4.74. The Morgan fingerprint density at radius 2 is 2.11 bits per heavy atom. The number of thiazole rings is 1. The molecule has 2 nitrogen and oxygen atoms in total. The van der Waals surface area contributed by atoms with Gasteiger partial charge in [-0.15, -0.1) is 22.7 Å². The average Bonchev–Trinajstić information content (AvgIpc) is 2.92. The van der Waals surface area contributed by atoms with Crippen LogP contribution in [0, 0.1) is 13.8 Å². The zero-order valence-corrected chi connectivity index (χ0v) is 13.0. The Morgan fingerprint density at radius 3 is 2.67 bits per heavy atom. The molecule has 1 unspecified atom stereocenters. The number of hydrogen-bond acceptors (Lipinski definition) is 4. The topological polar surface area (TPSA) is 24.9 Å². The van der Waals surface area contributed by atoms with E-state index in [1.54, 1.807) is 0 Å². The largest absolute Gasteiger partial charge is 0.304 e. The monoisotopic (exact) mass is 280 g/mol. The normalized spacial score (nSPS) is 12.9. The second kappa shape index (κ2) is 5.95. The molecule has 0 fully saturated rings.